The Bertz CT molecular complexity index is 89.7. The second-order valence-corrected chi connectivity index (χ2v) is 2.06. The zero-order valence-corrected chi connectivity index (χ0v) is 5.25. The summed E-state index contributed by atoms with van der Waals surface area (Å²) in [6, 6.07) is -0.0741. The molecule has 0 aliphatic carbocycles. The van der Waals surface area contributed by atoms with E-state index in [2.05, 4.69) is 5.11 Å². The first-order chi connectivity index (χ1) is 3.18. The third-order valence-corrected chi connectivity index (χ3v) is 1.12. The minimum Gasteiger partial charge on any atom is -0.209 e. The molecule has 0 aliphatic heterocycles. The van der Waals surface area contributed by atoms with Crippen LogP contribution in [0.2, 0.25) is 0 Å². The Kier molecular flexibility index (Phi) is 2.67. The first-order valence-electron chi connectivity index (χ1n) is 2.05. The van der Waals surface area contributed by atoms with Gasteiger partial charge in [-0.2, -0.15) is 5.11 Å². The molecule has 7 heavy (non-hydrogen) atoms. The van der Waals surface area contributed by atoms with Gasteiger partial charge in [-0.25, -0.2) is 5.53 Å². The summed E-state index contributed by atoms with van der Waals surface area (Å²) in [6.07, 6.45) is 0. The summed E-state index contributed by atoms with van der Waals surface area (Å²) >= 11 is 4.70. The summed E-state index contributed by atoms with van der Waals surface area (Å²) < 4.78 is 0. The van der Waals surface area contributed by atoms with E-state index in [0.717, 1.165) is 4.86 Å². The van der Waals surface area contributed by atoms with Crippen LogP contribution in [0.5, 0.6) is 0 Å². The predicted molar refractivity (Wildman–Crippen MR) is 32.9 cm³/mol. The highest BCUT2D eigenvalue weighted by Gasteiger charge is 1.96. The first-order valence-corrected chi connectivity index (χ1v) is 2.46. The molecule has 3 heteroatoms. The van der Waals surface area contributed by atoms with Crippen molar-refractivity contribution >= 4 is 17.1 Å². The summed E-state index contributed by atoms with van der Waals surface area (Å²) in [5.74, 6) is 0. The number of thiocarbonyl (C=S) groups is 1. The second-order valence-electron chi connectivity index (χ2n) is 1.42. The summed E-state index contributed by atoms with van der Waals surface area (Å²) in [6.45, 7) is 3.59. The van der Waals surface area contributed by atoms with E-state index in [0.29, 0.717) is 0 Å². The van der Waals surface area contributed by atoms with E-state index >= 15 is 0 Å². The van der Waals surface area contributed by atoms with Gasteiger partial charge < -0.3 is 0 Å². The van der Waals surface area contributed by atoms with Crippen molar-refractivity contribution in [1.29, 1.82) is 5.53 Å². The highest BCUT2D eigenvalue weighted by molar-refractivity contribution is 7.80. The molecule has 1 atom stereocenters. The Balaban J connectivity index is 3.55. The van der Waals surface area contributed by atoms with Gasteiger partial charge in [0.05, 0.1) is 6.04 Å². The molecule has 0 heterocycles. The van der Waals surface area contributed by atoms with Crippen molar-refractivity contribution in [2.75, 3.05) is 0 Å². The molecule has 0 amide bonds. The molecule has 0 aliphatic rings. The van der Waals surface area contributed by atoms with E-state index in [9.17, 15) is 0 Å². The van der Waals surface area contributed by atoms with E-state index in [4.69, 9.17) is 17.7 Å². The number of nitrogens with zero attached hydrogens (tertiary/aromatic N) is 1. The maximum atomic E-state index is 6.48. The third-order valence-electron chi connectivity index (χ3n) is 0.782. The molecule has 0 aromatic rings. The Hall–Kier alpha value is -0.310. The van der Waals surface area contributed by atoms with Gasteiger partial charge in [-0.3, -0.25) is 0 Å². The minimum atomic E-state index is -0.0741. The molecular weight excluding hydrogens is 108 g/mol. The van der Waals surface area contributed by atoms with Crippen LogP contribution < -0.4 is 0 Å². The lowest BCUT2D eigenvalue weighted by molar-refractivity contribution is 0.856. The van der Waals surface area contributed by atoms with Crippen LogP contribution in [0.3, 0.4) is 0 Å². The first kappa shape index (κ1) is 6.69. The number of hydrogen-bond donors (Lipinski definition) is 1. The summed E-state index contributed by atoms with van der Waals surface area (Å²) in [5, 5.41) is 3.20. The molecule has 0 bridgehead atoms. The summed E-state index contributed by atoms with van der Waals surface area (Å²) in [7, 11) is 0. The fraction of sp³-hybridized carbons (Fsp3) is 0.750. The molecule has 0 saturated carbocycles. The van der Waals surface area contributed by atoms with Gasteiger partial charge in [-0.15, -0.1) is 0 Å². The van der Waals surface area contributed by atoms with Gasteiger partial charge in [0.25, 0.3) is 0 Å². The van der Waals surface area contributed by atoms with Crippen LogP contribution in [0.15, 0.2) is 5.11 Å². The van der Waals surface area contributed by atoms with Crippen LogP contribution in [0.25, 0.3) is 0 Å². The molecule has 0 radical (unpaired) electrons. The molecule has 1 N–H and O–H groups in total. The maximum absolute atomic E-state index is 6.48. The average Bonchev–Trinajstić information content (AvgIpc) is 1.65. The minimum absolute atomic E-state index is 0.0741. The molecule has 0 spiro atoms. The molecule has 0 rings (SSSR count). The van der Waals surface area contributed by atoms with Gasteiger partial charge in [0.15, 0.2) is 0 Å². The fourth-order valence-electron chi connectivity index (χ4n) is 0.0909. The number of rotatable bonds is 2. The molecule has 40 valence electrons. The average molecular weight is 116 g/mol. The molecule has 1 unspecified atom stereocenters. The van der Waals surface area contributed by atoms with Crippen molar-refractivity contribution in [1.82, 2.24) is 0 Å². The summed E-state index contributed by atoms with van der Waals surface area (Å²) in [4.78, 5) is 0.773. The Labute approximate surface area is 48.4 Å². The molecule has 0 aromatic heterocycles. The highest BCUT2D eigenvalue weighted by Crippen LogP contribution is 1.90. The third kappa shape index (κ3) is 2.39. The lowest BCUT2D eigenvalue weighted by Crippen LogP contribution is -2.05. The molecule has 0 saturated heterocycles. The lowest BCUT2D eigenvalue weighted by Gasteiger charge is -1.95. The number of hydrogen-bond acceptors (Lipinski definition) is 3. The molecule has 0 aromatic carbocycles. The van der Waals surface area contributed by atoms with Gasteiger partial charge in [0, 0.05) is 4.86 Å². The van der Waals surface area contributed by atoms with E-state index in [-0.39, 0.29) is 6.04 Å². The maximum Gasteiger partial charge on any atom is 0.0985 e. The van der Waals surface area contributed by atoms with Crippen LogP contribution in [0.1, 0.15) is 13.8 Å². The topological polar surface area (TPSA) is 36.2 Å². The molecule has 2 nitrogen and oxygen atoms in total. The highest BCUT2D eigenvalue weighted by atomic mass is 32.1. The summed E-state index contributed by atoms with van der Waals surface area (Å²) in [5.41, 5.74) is 6.48. The van der Waals surface area contributed by atoms with Crippen LogP contribution >= 0.6 is 12.2 Å². The standard InChI is InChI=1S/C4H8N2S/c1-3(6-5)4(2)7/h3,5H,1-2H3. The lowest BCUT2D eigenvalue weighted by atomic mass is 10.3. The Morgan fingerprint density at radius 3 is 2.29 bits per heavy atom. The second kappa shape index (κ2) is 2.80. The van der Waals surface area contributed by atoms with E-state index < -0.39 is 0 Å². The number of nitrogens with one attached hydrogen (secondary N) is 1. The van der Waals surface area contributed by atoms with Crippen molar-refractivity contribution in [3.8, 4) is 0 Å². The molecular formula is C4H8N2S. The predicted octanol–water partition coefficient (Wildman–Crippen LogP) is 1.80. The van der Waals surface area contributed by atoms with Crippen molar-refractivity contribution in [3.05, 3.63) is 0 Å². The normalized spacial score (nSPS) is 12.9. The zero-order chi connectivity index (χ0) is 5.86. The monoisotopic (exact) mass is 116 g/mol. The van der Waals surface area contributed by atoms with E-state index in [1.165, 1.54) is 0 Å². The van der Waals surface area contributed by atoms with Crippen LogP contribution in [0.4, 0.5) is 0 Å². The zero-order valence-electron chi connectivity index (χ0n) is 4.43. The van der Waals surface area contributed by atoms with E-state index in [1.807, 2.05) is 0 Å². The van der Waals surface area contributed by atoms with Crippen LogP contribution in [0, 0.1) is 5.53 Å². The van der Waals surface area contributed by atoms with Gasteiger partial charge in [-0.05, 0) is 13.8 Å². The van der Waals surface area contributed by atoms with Crippen molar-refractivity contribution in [2.24, 2.45) is 5.11 Å². The Morgan fingerprint density at radius 2 is 2.29 bits per heavy atom. The van der Waals surface area contributed by atoms with Gasteiger partial charge >= 0.3 is 0 Å². The van der Waals surface area contributed by atoms with Gasteiger partial charge in [0.1, 0.15) is 0 Å². The SMILES string of the molecule is CC(=S)C(C)N=N. The molecule has 0 fully saturated rings. The fourth-order valence-corrected chi connectivity index (χ4v) is 0.144. The van der Waals surface area contributed by atoms with Crippen LogP contribution in [-0.4, -0.2) is 10.9 Å². The van der Waals surface area contributed by atoms with Crippen molar-refractivity contribution < 1.29 is 0 Å². The van der Waals surface area contributed by atoms with Gasteiger partial charge in [-0.1, -0.05) is 12.2 Å². The van der Waals surface area contributed by atoms with Crippen molar-refractivity contribution in [2.45, 2.75) is 19.9 Å². The largest absolute Gasteiger partial charge is 0.209 e. The Morgan fingerprint density at radius 1 is 1.86 bits per heavy atom. The van der Waals surface area contributed by atoms with E-state index in [1.54, 1.807) is 13.8 Å². The quantitative estimate of drug-likeness (QED) is 0.433. The van der Waals surface area contributed by atoms with Crippen LogP contribution in [-0.2, 0) is 0 Å². The smallest absolute Gasteiger partial charge is 0.0985 e. The van der Waals surface area contributed by atoms with Crippen molar-refractivity contribution in [3.63, 3.8) is 0 Å². The van der Waals surface area contributed by atoms with Gasteiger partial charge in [0.2, 0.25) is 0 Å².